The third-order valence-corrected chi connectivity index (χ3v) is 3.80. The lowest BCUT2D eigenvalue weighted by molar-refractivity contribution is -0.306. The maximum absolute atomic E-state index is 5.26. The summed E-state index contributed by atoms with van der Waals surface area (Å²) < 4.78 is 15.7. The molecule has 0 atom stereocenters. The summed E-state index contributed by atoms with van der Waals surface area (Å²) in [4.78, 5) is 5.19. The van der Waals surface area contributed by atoms with Gasteiger partial charge in [-0.3, -0.25) is 0 Å². The fraction of sp³-hybridized carbons (Fsp3) is 0.778. The third-order valence-electron chi connectivity index (χ3n) is 1.43. The van der Waals surface area contributed by atoms with Crippen molar-refractivity contribution in [2.45, 2.75) is 32.4 Å². The van der Waals surface area contributed by atoms with Gasteiger partial charge >= 0.3 is 8.80 Å². The SMILES string of the molecule is C=CC[Si](OC)(OC)OOC(C)(C)C. The van der Waals surface area contributed by atoms with Crippen LogP contribution in [0, 0.1) is 0 Å². The van der Waals surface area contributed by atoms with Crippen molar-refractivity contribution in [1.29, 1.82) is 0 Å². The fourth-order valence-electron chi connectivity index (χ4n) is 0.717. The van der Waals surface area contributed by atoms with Gasteiger partial charge in [-0.25, -0.2) is 9.46 Å². The maximum atomic E-state index is 5.26. The first kappa shape index (κ1) is 13.8. The zero-order chi connectivity index (χ0) is 11.2. The number of allylic oxidation sites excluding steroid dienone is 1. The van der Waals surface area contributed by atoms with Gasteiger partial charge in [-0.05, 0) is 20.8 Å². The quantitative estimate of drug-likeness (QED) is 0.297. The summed E-state index contributed by atoms with van der Waals surface area (Å²) in [5.41, 5.74) is -0.378. The topological polar surface area (TPSA) is 36.9 Å². The molecule has 0 heterocycles. The minimum atomic E-state index is -2.69. The Kier molecular flexibility index (Phi) is 5.54. The number of rotatable bonds is 6. The van der Waals surface area contributed by atoms with E-state index in [9.17, 15) is 0 Å². The minimum absolute atomic E-state index is 0.378. The summed E-state index contributed by atoms with van der Waals surface area (Å²) in [5, 5.41) is 0. The molecule has 14 heavy (non-hydrogen) atoms. The van der Waals surface area contributed by atoms with Crippen LogP contribution in [0.3, 0.4) is 0 Å². The molecule has 0 rings (SSSR count). The molecule has 0 saturated carbocycles. The molecule has 0 aliphatic rings. The summed E-state index contributed by atoms with van der Waals surface area (Å²) >= 11 is 0. The molecule has 0 fully saturated rings. The first-order valence-electron chi connectivity index (χ1n) is 4.47. The largest absolute Gasteiger partial charge is 0.533 e. The Morgan fingerprint density at radius 1 is 1.21 bits per heavy atom. The van der Waals surface area contributed by atoms with Crippen molar-refractivity contribution in [3.05, 3.63) is 12.7 Å². The van der Waals surface area contributed by atoms with E-state index in [4.69, 9.17) is 18.3 Å². The van der Waals surface area contributed by atoms with Crippen molar-refractivity contribution in [3.8, 4) is 0 Å². The van der Waals surface area contributed by atoms with Gasteiger partial charge in [-0.1, -0.05) is 6.08 Å². The van der Waals surface area contributed by atoms with Crippen molar-refractivity contribution in [3.63, 3.8) is 0 Å². The van der Waals surface area contributed by atoms with Crippen LogP contribution in [0.4, 0.5) is 0 Å². The smallest absolute Gasteiger partial charge is 0.375 e. The van der Waals surface area contributed by atoms with E-state index in [1.54, 1.807) is 20.3 Å². The third kappa shape index (κ3) is 4.87. The summed E-state index contributed by atoms with van der Waals surface area (Å²) in [6, 6.07) is 0.524. The average molecular weight is 220 g/mol. The zero-order valence-electron chi connectivity index (χ0n) is 9.62. The van der Waals surface area contributed by atoms with Gasteiger partial charge in [0.15, 0.2) is 0 Å². The van der Waals surface area contributed by atoms with Gasteiger partial charge in [0, 0.05) is 20.3 Å². The van der Waals surface area contributed by atoms with Crippen LogP contribution in [-0.4, -0.2) is 28.6 Å². The van der Waals surface area contributed by atoms with E-state index in [0.29, 0.717) is 6.04 Å². The van der Waals surface area contributed by atoms with Crippen LogP contribution in [0.25, 0.3) is 0 Å². The van der Waals surface area contributed by atoms with E-state index < -0.39 is 8.80 Å². The lowest BCUT2D eigenvalue weighted by Crippen LogP contribution is -2.45. The molecule has 4 nitrogen and oxygen atoms in total. The molecule has 0 unspecified atom stereocenters. The number of hydrogen-bond acceptors (Lipinski definition) is 4. The fourth-order valence-corrected chi connectivity index (χ4v) is 2.15. The molecule has 0 amide bonds. The van der Waals surface area contributed by atoms with Gasteiger partial charge in [0.1, 0.15) is 0 Å². The normalized spacial score (nSPS) is 12.9. The predicted molar refractivity (Wildman–Crippen MR) is 56.7 cm³/mol. The Bertz CT molecular complexity index is 172. The van der Waals surface area contributed by atoms with Crippen molar-refractivity contribution in [1.82, 2.24) is 0 Å². The molecular formula is C9H20O4Si. The van der Waals surface area contributed by atoms with Gasteiger partial charge < -0.3 is 8.85 Å². The Balaban J connectivity index is 4.28. The van der Waals surface area contributed by atoms with E-state index in [0.717, 1.165) is 0 Å². The van der Waals surface area contributed by atoms with Crippen molar-refractivity contribution in [2.75, 3.05) is 14.2 Å². The Morgan fingerprint density at radius 2 is 1.71 bits per heavy atom. The van der Waals surface area contributed by atoms with Crippen LogP contribution in [0.15, 0.2) is 12.7 Å². The van der Waals surface area contributed by atoms with Gasteiger partial charge in [0.25, 0.3) is 0 Å². The molecule has 0 aliphatic carbocycles. The second kappa shape index (κ2) is 5.62. The van der Waals surface area contributed by atoms with Crippen LogP contribution in [0.1, 0.15) is 20.8 Å². The molecule has 0 saturated heterocycles. The molecule has 0 aliphatic heterocycles. The van der Waals surface area contributed by atoms with Crippen LogP contribution < -0.4 is 0 Å². The summed E-state index contributed by atoms with van der Waals surface area (Å²) in [7, 11) is 0.400. The van der Waals surface area contributed by atoms with E-state index in [-0.39, 0.29) is 5.60 Å². The second-order valence-electron chi connectivity index (χ2n) is 3.86. The highest BCUT2D eigenvalue weighted by Gasteiger charge is 2.40. The molecule has 0 N–H and O–H groups in total. The lowest BCUT2D eigenvalue weighted by Gasteiger charge is -2.27. The number of hydrogen-bond donors (Lipinski definition) is 0. The Labute approximate surface area is 87.1 Å². The van der Waals surface area contributed by atoms with Crippen LogP contribution in [0.5, 0.6) is 0 Å². The highest BCUT2D eigenvalue weighted by Crippen LogP contribution is 2.18. The first-order chi connectivity index (χ1) is 6.39. The zero-order valence-corrected chi connectivity index (χ0v) is 10.6. The van der Waals surface area contributed by atoms with Gasteiger partial charge in [-0.15, -0.1) is 6.58 Å². The van der Waals surface area contributed by atoms with E-state index >= 15 is 0 Å². The molecule has 0 aromatic rings. The minimum Gasteiger partial charge on any atom is -0.375 e. The van der Waals surface area contributed by atoms with E-state index in [1.165, 1.54) is 0 Å². The Morgan fingerprint density at radius 3 is 2.00 bits per heavy atom. The first-order valence-corrected chi connectivity index (χ1v) is 6.40. The van der Waals surface area contributed by atoms with E-state index in [1.807, 2.05) is 20.8 Å². The Hall–Kier alpha value is -0.203. The highest BCUT2D eigenvalue weighted by molar-refractivity contribution is 6.60. The summed E-state index contributed by atoms with van der Waals surface area (Å²) in [5.74, 6) is 0. The summed E-state index contributed by atoms with van der Waals surface area (Å²) in [6.45, 7) is 9.31. The van der Waals surface area contributed by atoms with Gasteiger partial charge in [-0.2, -0.15) is 0 Å². The van der Waals surface area contributed by atoms with Crippen molar-refractivity contribution in [2.24, 2.45) is 0 Å². The monoisotopic (exact) mass is 220 g/mol. The average Bonchev–Trinajstić information content (AvgIpc) is 2.11. The molecule has 0 aromatic heterocycles. The highest BCUT2D eigenvalue weighted by atomic mass is 28.4. The van der Waals surface area contributed by atoms with E-state index in [2.05, 4.69) is 6.58 Å². The molecular weight excluding hydrogens is 200 g/mol. The summed E-state index contributed by atoms with van der Waals surface area (Å²) in [6.07, 6.45) is 1.70. The molecule has 5 heteroatoms. The lowest BCUT2D eigenvalue weighted by atomic mass is 10.2. The van der Waals surface area contributed by atoms with Crippen molar-refractivity contribution < 1.29 is 18.3 Å². The predicted octanol–water partition coefficient (Wildman–Crippen LogP) is 2.15. The molecule has 84 valence electrons. The van der Waals surface area contributed by atoms with Crippen LogP contribution >= 0.6 is 0 Å². The second-order valence-corrected chi connectivity index (χ2v) is 6.62. The molecule has 0 radical (unpaired) electrons. The standard InChI is InChI=1S/C9H20O4Si/c1-7-8-14(10-5,11-6)13-12-9(2,3)4/h7H,1,8H2,2-6H3. The maximum Gasteiger partial charge on any atom is 0.533 e. The molecule has 0 aromatic carbocycles. The molecule has 0 bridgehead atoms. The van der Waals surface area contributed by atoms with Crippen LogP contribution in [-0.2, 0) is 18.3 Å². The van der Waals surface area contributed by atoms with Gasteiger partial charge in [0.05, 0.1) is 5.60 Å². The van der Waals surface area contributed by atoms with Crippen LogP contribution in [0.2, 0.25) is 6.04 Å². The van der Waals surface area contributed by atoms with Gasteiger partial charge in [0.2, 0.25) is 0 Å². The van der Waals surface area contributed by atoms with Crippen molar-refractivity contribution >= 4 is 8.80 Å². The molecule has 0 spiro atoms.